The summed E-state index contributed by atoms with van der Waals surface area (Å²) in [5.41, 5.74) is 3.66. The highest BCUT2D eigenvalue weighted by atomic mass is 35.5. The van der Waals surface area contributed by atoms with E-state index in [1.54, 1.807) is 6.07 Å². The van der Waals surface area contributed by atoms with Crippen LogP contribution in [0.15, 0.2) is 42.5 Å². The first kappa shape index (κ1) is 19.2. The number of halogens is 1. The van der Waals surface area contributed by atoms with E-state index in [1.165, 1.54) is 12.0 Å². The van der Waals surface area contributed by atoms with Crippen LogP contribution in [-0.4, -0.2) is 36.2 Å². The van der Waals surface area contributed by atoms with Crippen LogP contribution in [0.25, 0.3) is 0 Å². The van der Waals surface area contributed by atoms with Crippen LogP contribution in [0.3, 0.4) is 0 Å². The van der Waals surface area contributed by atoms with Crippen molar-refractivity contribution in [3.63, 3.8) is 0 Å². The van der Waals surface area contributed by atoms with Gasteiger partial charge in [0.05, 0.1) is 11.6 Å². The fourth-order valence-corrected chi connectivity index (χ4v) is 4.58. The number of nitrogens with zero attached hydrogens (tertiary/aromatic N) is 1. The molecule has 0 radical (unpaired) electrons. The number of carbonyl (C=O) groups is 2. The maximum atomic E-state index is 12.9. The largest absolute Gasteiger partial charge is 0.326 e. The van der Waals surface area contributed by atoms with E-state index in [9.17, 15) is 9.59 Å². The van der Waals surface area contributed by atoms with Gasteiger partial charge in [-0.1, -0.05) is 41.9 Å². The lowest BCUT2D eigenvalue weighted by Crippen LogP contribution is -2.39. The van der Waals surface area contributed by atoms with Crippen molar-refractivity contribution in [2.45, 2.75) is 32.1 Å². The highest BCUT2D eigenvalue weighted by Gasteiger charge is 2.24. The van der Waals surface area contributed by atoms with Gasteiger partial charge in [-0.05, 0) is 61.4 Å². The number of amides is 1. The van der Waals surface area contributed by atoms with Crippen molar-refractivity contribution in [1.29, 1.82) is 0 Å². The monoisotopic (exact) mass is 396 g/mol. The number of Topliss-reactive ketones (excluding diaryl/α,β-unsaturated/α-hetero) is 1. The van der Waals surface area contributed by atoms with Crippen LogP contribution in [-0.2, 0) is 17.6 Å². The highest BCUT2D eigenvalue weighted by molar-refractivity contribution is 6.34. The van der Waals surface area contributed by atoms with Crippen LogP contribution >= 0.6 is 11.6 Å². The van der Waals surface area contributed by atoms with E-state index in [0.29, 0.717) is 35.9 Å². The molecule has 0 saturated carbocycles. The van der Waals surface area contributed by atoms with Gasteiger partial charge in [0, 0.05) is 24.2 Å². The number of anilines is 1. The third-order valence-electron chi connectivity index (χ3n) is 5.73. The van der Waals surface area contributed by atoms with E-state index in [2.05, 4.69) is 34.5 Å². The summed E-state index contributed by atoms with van der Waals surface area (Å²) in [5.74, 6) is 0.642. The first-order valence-corrected chi connectivity index (χ1v) is 10.4. The topological polar surface area (TPSA) is 49.4 Å². The average molecular weight is 397 g/mol. The molecule has 1 atom stereocenters. The Kier molecular flexibility index (Phi) is 5.79. The number of ketones is 1. The molecule has 28 heavy (non-hydrogen) atoms. The molecule has 0 aromatic heterocycles. The molecule has 1 saturated heterocycles. The molecule has 4 rings (SSSR count). The number of rotatable bonds is 5. The highest BCUT2D eigenvalue weighted by Crippen LogP contribution is 2.30. The molecule has 0 spiro atoms. The molecule has 146 valence electrons. The Morgan fingerprint density at radius 2 is 2.00 bits per heavy atom. The number of aryl methyl sites for hydroxylation is 1. The number of piperidine rings is 1. The second kappa shape index (κ2) is 8.46. The van der Waals surface area contributed by atoms with Crippen molar-refractivity contribution in [3.8, 4) is 0 Å². The van der Waals surface area contributed by atoms with Crippen LogP contribution in [0.2, 0.25) is 5.02 Å². The second-order valence-corrected chi connectivity index (χ2v) is 8.30. The Balaban J connectivity index is 1.41. The van der Waals surface area contributed by atoms with Crippen LogP contribution < -0.4 is 5.32 Å². The third-order valence-corrected chi connectivity index (χ3v) is 6.04. The number of carbonyl (C=O) groups excluding carboxylic acids is 2. The van der Waals surface area contributed by atoms with Gasteiger partial charge in [0.25, 0.3) is 0 Å². The van der Waals surface area contributed by atoms with E-state index in [1.807, 2.05) is 12.1 Å². The summed E-state index contributed by atoms with van der Waals surface area (Å²) in [6, 6.07) is 14.1. The number of benzene rings is 2. The summed E-state index contributed by atoms with van der Waals surface area (Å²) in [5, 5.41) is 3.25. The minimum Gasteiger partial charge on any atom is -0.326 e. The van der Waals surface area contributed by atoms with Gasteiger partial charge in [-0.25, -0.2) is 0 Å². The molecule has 2 aliphatic heterocycles. The van der Waals surface area contributed by atoms with Crippen LogP contribution in [0.1, 0.15) is 40.7 Å². The first-order chi connectivity index (χ1) is 13.6. The van der Waals surface area contributed by atoms with Gasteiger partial charge in [0.15, 0.2) is 5.78 Å². The van der Waals surface area contributed by atoms with E-state index < -0.39 is 0 Å². The Morgan fingerprint density at radius 3 is 2.82 bits per heavy atom. The molecule has 0 bridgehead atoms. The molecular weight excluding hydrogens is 372 g/mol. The lowest BCUT2D eigenvalue weighted by atomic mass is 9.91. The lowest BCUT2D eigenvalue weighted by Gasteiger charge is -2.32. The maximum Gasteiger partial charge on any atom is 0.224 e. The standard InChI is InChI=1S/C23H25ClN2O2/c24-20-13-21-18(8-9-23(28)25-21)12-19(20)22(27)15-26-10-4-7-17(14-26)11-16-5-2-1-3-6-16/h1-3,5-6,12-13,17H,4,7-11,14-15H2,(H,25,28)/t17-/m0/s1. The summed E-state index contributed by atoms with van der Waals surface area (Å²) < 4.78 is 0. The van der Waals surface area contributed by atoms with Crippen molar-refractivity contribution in [1.82, 2.24) is 4.90 Å². The molecule has 1 N–H and O–H groups in total. The molecule has 1 fully saturated rings. The molecule has 2 heterocycles. The van der Waals surface area contributed by atoms with Gasteiger partial charge < -0.3 is 5.32 Å². The van der Waals surface area contributed by atoms with Crippen molar-refractivity contribution in [2.75, 3.05) is 25.0 Å². The van der Waals surface area contributed by atoms with Crippen LogP contribution in [0.4, 0.5) is 5.69 Å². The summed E-state index contributed by atoms with van der Waals surface area (Å²) in [6.07, 6.45) is 4.50. The molecule has 2 aliphatic rings. The van der Waals surface area contributed by atoms with Crippen molar-refractivity contribution in [3.05, 3.63) is 64.2 Å². The van der Waals surface area contributed by atoms with Gasteiger partial charge in [-0.2, -0.15) is 0 Å². The van der Waals surface area contributed by atoms with Gasteiger partial charge in [0.1, 0.15) is 0 Å². The molecule has 2 aromatic rings. The van der Waals surface area contributed by atoms with Gasteiger partial charge in [-0.15, -0.1) is 0 Å². The van der Waals surface area contributed by atoms with E-state index in [-0.39, 0.29) is 11.7 Å². The normalized spacial score (nSPS) is 19.8. The predicted molar refractivity (Wildman–Crippen MR) is 112 cm³/mol. The first-order valence-electron chi connectivity index (χ1n) is 10.0. The quantitative estimate of drug-likeness (QED) is 0.764. The minimum absolute atomic E-state index is 0.000387. The summed E-state index contributed by atoms with van der Waals surface area (Å²) in [4.78, 5) is 26.7. The Bertz CT molecular complexity index is 882. The van der Waals surface area contributed by atoms with Crippen molar-refractivity contribution >= 4 is 29.0 Å². The minimum atomic E-state index is 0.000387. The van der Waals surface area contributed by atoms with Crippen LogP contribution in [0.5, 0.6) is 0 Å². The average Bonchev–Trinajstić information content (AvgIpc) is 2.68. The maximum absolute atomic E-state index is 12.9. The Morgan fingerprint density at radius 1 is 1.18 bits per heavy atom. The summed E-state index contributed by atoms with van der Waals surface area (Å²) in [7, 11) is 0. The zero-order chi connectivity index (χ0) is 19.5. The fraction of sp³-hybridized carbons (Fsp3) is 0.391. The summed E-state index contributed by atoms with van der Waals surface area (Å²) in [6.45, 7) is 2.30. The lowest BCUT2D eigenvalue weighted by molar-refractivity contribution is -0.116. The fourth-order valence-electron chi connectivity index (χ4n) is 4.31. The molecular formula is C23H25ClN2O2. The number of likely N-dealkylation sites (tertiary alicyclic amines) is 1. The van der Waals surface area contributed by atoms with E-state index in [4.69, 9.17) is 11.6 Å². The van der Waals surface area contributed by atoms with Crippen molar-refractivity contribution < 1.29 is 9.59 Å². The van der Waals surface area contributed by atoms with Gasteiger partial charge >= 0.3 is 0 Å². The zero-order valence-electron chi connectivity index (χ0n) is 15.9. The van der Waals surface area contributed by atoms with Crippen molar-refractivity contribution in [2.24, 2.45) is 5.92 Å². The smallest absolute Gasteiger partial charge is 0.224 e. The SMILES string of the molecule is O=C1CCc2cc(C(=O)CN3CCC[C@@H](Cc4ccccc4)C3)c(Cl)cc2N1. The van der Waals surface area contributed by atoms with E-state index in [0.717, 1.165) is 37.2 Å². The second-order valence-electron chi connectivity index (χ2n) is 7.89. The Labute approximate surface area is 170 Å². The van der Waals surface area contributed by atoms with Gasteiger partial charge in [-0.3, -0.25) is 14.5 Å². The van der Waals surface area contributed by atoms with E-state index >= 15 is 0 Å². The third kappa shape index (κ3) is 4.45. The van der Waals surface area contributed by atoms with Gasteiger partial charge in [0.2, 0.25) is 5.91 Å². The zero-order valence-corrected chi connectivity index (χ0v) is 16.7. The Hall–Kier alpha value is -2.17. The number of hydrogen-bond donors (Lipinski definition) is 1. The molecule has 1 amide bonds. The molecule has 0 aliphatic carbocycles. The predicted octanol–water partition coefficient (Wildman–Crippen LogP) is 4.36. The molecule has 4 nitrogen and oxygen atoms in total. The summed E-state index contributed by atoms with van der Waals surface area (Å²) >= 11 is 6.37. The number of nitrogens with one attached hydrogen (secondary N) is 1. The number of hydrogen-bond acceptors (Lipinski definition) is 3. The number of fused-ring (bicyclic) bond motifs is 1. The molecule has 2 aromatic carbocycles. The molecule has 0 unspecified atom stereocenters. The molecule has 5 heteroatoms. The van der Waals surface area contributed by atoms with Crippen LogP contribution in [0, 0.1) is 5.92 Å².